The van der Waals surface area contributed by atoms with Crippen molar-refractivity contribution in [3.8, 4) is 0 Å². The van der Waals surface area contributed by atoms with E-state index in [9.17, 15) is 4.39 Å². The van der Waals surface area contributed by atoms with Crippen molar-refractivity contribution in [3.63, 3.8) is 0 Å². The highest BCUT2D eigenvalue weighted by atomic mass is 19.1. The average Bonchev–Trinajstić information content (AvgIpc) is 2.88. The SMILES string of the molecule is CCNCc1cc(F)cnc1N1CC(OC)C(OC)C1. The molecule has 20 heavy (non-hydrogen) atoms. The number of pyridine rings is 1. The lowest BCUT2D eigenvalue weighted by Crippen LogP contribution is -2.27. The number of methoxy groups -OCH3 is 2. The molecule has 6 heteroatoms. The van der Waals surface area contributed by atoms with Crippen molar-refractivity contribution in [2.24, 2.45) is 0 Å². The normalized spacial score (nSPS) is 22.5. The first-order valence-corrected chi connectivity index (χ1v) is 6.85. The van der Waals surface area contributed by atoms with Gasteiger partial charge in [-0.05, 0) is 12.6 Å². The third-order valence-corrected chi connectivity index (χ3v) is 3.60. The van der Waals surface area contributed by atoms with Gasteiger partial charge in [0, 0.05) is 39.4 Å². The van der Waals surface area contributed by atoms with E-state index in [2.05, 4.69) is 15.2 Å². The molecule has 1 aliphatic rings. The number of aromatic nitrogens is 1. The quantitative estimate of drug-likeness (QED) is 0.849. The molecule has 2 rings (SSSR count). The Labute approximate surface area is 119 Å². The standard InChI is InChI=1S/C14H22FN3O2/c1-4-16-6-10-5-11(15)7-17-14(10)18-8-12(19-2)13(9-18)20-3/h5,7,12-13,16H,4,6,8-9H2,1-3H3. The van der Waals surface area contributed by atoms with Gasteiger partial charge >= 0.3 is 0 Å². The number of ether oxygens (including phenoxy) is 2. The number of nitrogens with one attached hydrogen (secondary N) is 1. The smallest absolute Gasteiger partial charge is 0.141 e. The third kappa shape index (κ3) is 3.26. The minimum atomic E-state index is -0.313. The van der Waals surface area contributed by atoms with E-state index in [4.69, 9.17) is 9.47 Å². The van der Waals surface area contributed by atoms with E-state index < -0.39 is 0 Å². The molecule has 0 bridgehead atoms. The van der Waals surface area contributed by atoms with Crippen LogP contribution in [0.5, 0.6) is 0 Å². The highest BCUT2D eigenvalue weighted by molar-refractivity contribution is 5.48. The molecule has 2 unspecified atom stereocenters. The molecule has 0 aromatic carbocycles. The van der Waals surface area contributed by atoms with Crippen LogP contribution in [0.25, 0.3) is 0 Å². The van der Waals surface area contributed by atoms with Gasteiger partial charge in [-0.15, -0.1) is 0 Å². The summed E-state index contributed by atoms with van der Waals surface area (Å²) in [7, 11) is 3.36. The third-order valence-electron chi connectivity index (χ3n) is 3.60. The summed E-state index contributed by atoms with van der Waals surface area (Å²) in [6, 6.07) is 1.53. The van der Waals surface area contributed by atoms with E-state index in [1.165, 1.54) is 12.3 Å². The van der Waals surface area contributed by atoms with E-state index in [1.807, 2.05) is 6.92 Å². The van der Waals surface area contributed by atoms with Gasteiger partial charge in [-0.3, -0.25) is 0 Å². The zero-order valence-electron chi connectivity index (χ0n) is 12.2. The molecule has 1 saturated heterocycles. The topological polar surface area (TPSA) is 46.6 Å². The fourth-order valence-corrected chi connectivity index (χ4v) is 2.52. The summed E-state index contributed by atoms with van der Waals surface area (Å²) in [4.78, 5) is 6.34. The largest absolute Gasteiger partial charge is 0.377 e. The molecule has 0 saturated carbocycles. The van der Waals surface area contributed by atoms with Gasteiger partial charge in [0.25, 0.3) is 0 Å². The first-order chi connectivity index (χ1) is 9.69. The van der Waals surface area contributed by atoms with Gasteiger partial charge in [0.1, 0.15) is 23.8 Å². The fraction of sp³-hybridized carbons (Fsp3) is 0.643. The maximum atomic E-state index is 13.4. The zero-order chi connectivity index (χ0) is 14.5. The summed E-state index contributed by atoms with van der Waals surface area (Å²) >= 11 is 0. The van der Waals surface area contributed by atoms with Crippen LogP contribution in [0.3, 0.4) is 0 Å². The van der Waals surface area contributed by atoms with E-state index in [0.717, 1.165) is 17.9 Å². The summed E-state index contributed by atoms with van der Waals surface area (Å²) in [5, 5.41) is 3.21. The van der Waals surface area contributed by atoms with E-state index in [-0.39, 0.29) is 18.0 Å². The zero-order valence-corrected chi connectivity index (χ0v) is 12.2. The highest BCUT2D eigenvalue weighted by Crippen LogP contribution is 2.25. The molecule has 1 aromatic rings. The molecule has 1 aromatic heterocycles. The molecule has 1 N–H and O–H groups in total. The van der Waals surface area contributed by atoms with Crippen molar-refractivity contribution in [3.05, 3.63) is 23.6 Å². The summed E-state index contributed by atoms with van der Waals surface area (Å²) < 4.78 is 24.2. The maximum Gasteiger partial charge on any atom is 0.141 e. The second kappa shape index (κ2) is 6.97. The van der Waals surface area contributed by atoms with Crippen molar-refractivity contribution in [1.29, 1.82) is 0 Å². The Morgan fingerprint density at radius 1 is 1.35 bits per heavy atom. The number of halogens is 1. The molecule has 0 amide bonds. The fourth-order valence-electron chi connectivity index (χ4n) is 2.52. The van der Waals surface area contributed by atoms with Crippen molar-refractivity contribution >= 4 is 5.82 Å². The second-order valence-corrected chi connectivity index (χ2v) is 4.87. The summed E-state index contributed by atoms with van der Waals surface area (Å²) in [6.07, 6.45) is 1.28. The molecule has 5 nitrogen and oxygen atoms in total. The van der Waals surface area contributed by atoms with Gasteiger partial charge in [-0.2, -0.15) is 0 Å². The van der Waals surface area contributed by atoms with Crippen molar-refractivity contribution in [1.82, 2.24) is 10.3 Å². The predicted molar refractivity (Wildman–Crippen MR) is 75.4 cm³/mol. The second-order valence-electron chi connectivity index (χ2n) is 4.87. The molecule has 0 radical (unpaired) electrons. The number of rotatable bonds is 6. The van der Waals surface area contributed by atoms with Gasteiger partial charge in [0.15, 0.2) is 0 Å². The van der Waals surface area contributed by atoms with Crippen molar-refractivity contribution < 1.29 is 13.9 Å². The van der Waals surface area contributed by atoms with Crippen LogP contribution < -0.4 is 10.2 Å². The number of hydrogen-bond acceptors (Lipinski definition) is 5. The molecule has 0 spiro atoms. The first kappa shape index (κ1) is 15.2. The lowest BCUT2D eigenvalue weighted by atomic mass is 10.2. The van der Waals surface area contributed by atoms with Crippen LogP contribution in [-0.2, 0) is 16.0 Å². The van der Waals surface area contributed by atoms with Crippen LogP contribution >= 0.6 is 0 Å². The summed E-state index contributed by atoms with van der Waals surface area (Å²) in [5.41, 5.74) is 0.860. The summed E-state index contributed by atoms with van der Waals surface area (Å²) in [6.45, 7) is 4.85. The van der Waals surface area contributed by atoms with Crippen LogP contribution in [0.4, 0.5) is 10.2 Å². The first-order valence-electron chi connectivity index (χ1n) is 6.85. The Balaban J connectivity index is 2.19. The van der Waals surface area contributed by atoms with Crippen molar-refractivity contribution in [2.45, 2.75) is 25.7 Å². The Bertz CT molecular complexity index is 432. The van der Waals surface area contributed by atoms with Crippen LogP contribution in [0.15, 0.2) is 12.3 Å². The van der Waals surface area contributed by atoms with Gasteiger partial charge in [-0.25, -0.2) is 9.37 Å². The molecule has 112 valence electrons. The van der Waals surface area contributed by atoms with E-state index >= 15 is 0 Å². The van der Waals surface area contributed by atoms with Crippen LogP contribution in [0.1, 0.15) is 12.5 Å². The molecule has 2 atom stereocenters. The Kier molecular flexibility index (Phi) is 5.28. The van der Waals surface area contributed by atoms with Gasteiger partial charge in [0.05, 0.1) is 6.20 Å². The minimum absolute atomic E-state index is 0.0128. The molecule has 1 aliphatic heterocycles. The van der Waals surface area contributed by atoms with Crippen LogP contribution in [0.2, 0.25) is 0 Å². The van der Waals surface area contributed by atoms with E-state index in [1.54, 1.807) is 14.2 Å². The van der Waals surface area contributed by atoms with Crippen LogP contribution in [0, 0.1) is 5.82 Å². The monoisotopic (exact) mass is 283 g/mol. The highest BCUT2D eigenvalue weighted by Gasteiger charge is 2.34. The minimum Gasteiger partial charge on any atom is -0.377 e. The van der Waals surface area contributed by atoms with Gasteiger partial charge in [-0.1, -0.05) is 6.92 Å². The maximum absolute atomic E-state index is 13.4. The Hall–Kier alpha value is -1.24. The molecule has 2 heterocycles. The predicted octanol–water partition coefficient (Wildman–Crippen LogP) is 1.18. The molecule has 1 fully saturated rings. The van der Waals surface area contributed by atoms with Crippen LogP contribution in [-0.4, -0.2) is 51.0 Å². The van der Waals surface area contributed by atoms with Gasteiger partial charge in [0.2, 0.25) is 0 Å². The molecular formula is C14H22FN3O2. The number of anilines is 1. The van der Waals surface area contributed by atoms with Crippen molar-refractivity contribution in [2.75, 3.05) is 38.8 Å². The number of nitrogens with zero attached hydrogens (tertiary/aromatic N) is 2. The lowest BCUT2D eigenvalue weighted by Gasteiger charge is -2.20. The Morgan fingerprint density at radius 2 is 2.00 bits per heavy atom. The van der Waals surface area contributed by atoms with Gasteiger partial charge < -0.3 is 19.7 Å². The lowest BCUT2D eigenvalue weighted by molar-refractivity contribution is -0.00461. The van der Waals surface area contributed by atoms with E-state index in [0.29, 0.717) is 19.6 Å². The molecular weight excluding hydrogens is 261 g/mol. The Morgan fingerprint density at radius 3 is 2.55 bits per heavy atom. The number of hydrogen-bond donors (Lipinski definition) is 1. The summed E-state index contributed by atoms with van der Waals surface area (Å²) in [5.74, 6) is 0.487. The average molecular weight is 283 g/mol. The molecule has 0 aliphatic carbocycles.